The topological polar surface area (TPSA) is 52.2 Å². The van der Waals surface area contributed by atoms with E-state index in [1.54, 1.807) is 43.1 Å². The van der Waals surface area contributed by atoms with Gasteiger partial charge in [0.05, 0.1) is 12.2 Å². The maximum Gasteiger partial charge on any atom is 0.345 e. The Kier molecular flexibility index (Phi) is 6.17. The Labute approximate surface area is 164 Å². The van der Waals surface area contributed by atoms with Crippen molar-refractivity contribution in [2.75, 3.05) is 6.61 Å². The zero-order chi connectivity index (χ0) is 19.9. The quantitative estimate of drug-likeness (QED) is 0.377. The van der Waals surface area contributed by atoms with Crippen LogP contribution in [0.4, 0.5) is 0 Å². The molecular weight excluding hydrogens is 352 g/mol. The Balaban J connectivity index is 1.67. The third-order valence-corrected chi connectivity index (χ3v) is 4.27. The summed E-state index contributed by atoms with van der Waals surface area (Å²) in [6, 6.07) is 17.1. The van der Waals surface area contributed by atoms with Crippen molar-refractivity contribution >= 4 is 18.0 Å². The van der Waals surface area contributed by atoms with Gasteiger partial charge in [-0.3, -0.25) is 0 Å². The van der Waals surface area contributed by atoms with E-state index in [0.717, 1.165) is 11.1 Å². The van der Waals surface area contributed by atoms with E-state index in [4.69, 9.17) is 4.74 Å². The molecule has 3 rings (SSSR count). The lowest BCUT2D eigenvalue weighted by Crippen LogP contribution is -2.32. The number of imidazole rings is 1. The number of nitrogens with zero attached hydrogens (tertiary/aromatic N) is 2. The number of hydrogen-bond acceptors (Lipinski definition) is 3. The minimum atomic E-state index is -0.299. The maximum atomic E-state index is 12.5. The summed E-state index contributed by atoms with van der Waals surface area (Å²) in [6.07, 6.45) is 7.23. The molecule has 3 aromatic rings. The van der Waals surface area contributed by atoms with Crippen molar-refractivity contribution in [3.63, 3.8) is 0 Å². The molecule has 0 saturated carbocycles. The average molecular weight is 375 g/mol. The molecule has 0 spiro atoms. The molecule has 0 N–H and O–H groups in total. The molecule has 0 atom stereocenters. The summed E-state index contributed by atoms with van der Waals surface area (Å²) in [7, 11) is 0. The number of hydrogen-bond donors (Lipinski definition) is 0. The normalized spacial score (nSPS) is 11.3. The first-order valence-corrected chi connectivity index (χ1v) is 9.18. The fraction of sp³-hybridized carbons (Fsp3) is 0.174. The third kappa shape index (κ3) is 4.82. The number of rotatable bonds is 6. The number of aromatic nitrogens is 2. The Morgan fingerprint density at radius 3 is 2.46 bits per heavy atom. The van der Waals surface area contributed by atoms with Gasteiger partial charge in [0.15, 0.2) is 0 Å². The van der Waals surface area contributed by atoms with Crippen molar-refractivity contribution < 1.29 is 18.9 Å². The second kappa shape index (κ2) is 8.95. The molecule has 1 heterocycles. The SMILES string of the molecule is CCOC(=O)C(C)=Cc1ccc(C[n+]2ccn(C(=O)c3ccccc3)c2)cc1. The molecule has 2 aromatic carbocycles. The van der Waals surface area contributed by atoms with Gasteiger partial charge in [-0.15, -0.1) is 0 Å². The van der Waals surface area contributed by atoms with Crippen molar-refractivity contribution in [2.24, 2.45) is 0 Å². The standard InChI is InChI=1S/C23H23N2O3/c1-3-28-23(27)18(2)15-19-9-11-20(12-10-19)16-24-13-14-25(17-24)22(26)21-7-5-4-6-8-21/h4-15,17H,3,16H2,1-2H3/q+1. The largest absolute Gasteiger partial charge is 0.463 e. The molecule has 0 bridgehead atoms. The van der Waals surface area contributed by atoms with Crippen LogP contribution in [0.1, 0.15) is 35.3 Å². The summed E-state index contributed by atoms with van der Waals surface area (Å²) in [5.41, 5.74) is 3.26. The molecular formula is C23H23N2O3+. The van der Waals surface area contributed by atoms with Crippen LogP contribution in [0.3, 0.4) is 0 Å². The van der Waals surface area contributed by atoms with Crippen molar-refractivity contribution in [2.45, 2.75) is 20.4 Å². The summed E-state index contributed by atoms with van der Waals surface area (Å²) in [6.45, 7) is 4.55. The van der Waals surface area contributed by atoms with Crippen LogP contribution in [0.2, 0.25) is 0 Å². The summed E-state index contributed by atoms with van der Waals surface area (Å²) in [4.78, 5) is 24.2. The molecule has 0 unspecified atom stereocenters. The van der Waals surface area contributed by atoms with Crippen molar-refractivity contribution in [3.05, 3.63) is 95.6 Å². The van der Waals surface area contributed by atoms with E-state index in [1.807, 2.05) is 59.3 Å². The number of carbonyl (C=O) groups excluding carboxylic acids is 2. The van der Waals surface area contributed by atoms with Gasteiger partial charge in [0.1, 0.15) is 18.9 Å². The monoisotopic (exact) mass is 375 g/mol. The molecule has 28 heavy (non-hydrogen) atoms. The minimum absolute atomic E-state index is 0.0609. The lowest BCUT2D eigenvalue weighted by molar-refractivity contribution is -0.687. The highest BCUT2D eigenvalue weighted by Crippen LogP contribution is 2.10. The van der Waals surface area contributed by atoms with Gasteiger partial charge in [0, 0.05) is 5.57 Å². The zero-order valence-corrected chi connectivity index (χ0v) is 16.0. The van der Waals surface area contributed by atoms with Crippen molar-refractivity contribution in [3.8, 4) is 0 Å². The molecule has 0 radical (unpaired) electrons. The Morgan fingerprint density at radius 2 is 1.79 bits per heavy atom. The van der Waals surface area contributed by atoms with Crippen LogP contribution in [-0.2, 0) is 16.1 Å². The van der Waals surface area contributed by atoms with Gasteiger partial charge >= 0.3 is 11.9 Å². The van der Waals surface area contributed by atoms with Crippen LogP contribution in [0.15, 0.2) is 78.9 Å². The average Bonchev–Trinajstić information content (AvgIpc) is 3.18. The number of benzene rings is 2. The van der Waals surface area contributed by atoms with Crippen molar-refractivity contribution in [1.29, 1.82) is 0 Å². The summed E-state index contributed by atoms with van der Waals surface area (Å²) >= 11 is 0. The molecule has 5 heteroatoms. The number of esters is 1. The van der Waals surface area contributed by atoms with E-state index in [2.05, 4.69) is 0 Å². The van der Waals surface area contributed by atoms with Gasteiger partial charge in [-0.05, 0) is 43.2 Å². The van der Waals surface area contributed by atoms with E-state index in [1.165, 1.54) is 0 Å². The summed E-state index contributed by atoms with van der Waals surface area (Å²) in [5.74, 6) is -0.360. The molecule has 0 aliphatic rings. The van der Waals surface area contributed by atoms with E-state index < -0.39 is 0 Å². The Hall–Kier alpha value is -3.47. The minimum Gasteiger partial charge on any atom is -0.463 e. The van der Waals surface area contributed by atoms with Crippen molar-refractivity contribution in [1.82, 2.24) is 4.57 Å². The van der Waals surface area contributed by atoms with Crippen LogP contribution in [0, 0.1) is 0 Å². The van der Waals surface area contributed by atoms with Crippen LogP contribution in [-0.4, -0.2) is 23.1 Å². The molecule has 1 aromatic heterocycles. The molecule has 0 aliphatic carbocycles. The van der Waals surface area contributed by atoms with Gasteiger partial charge in [-0.25, -0.2) is 14.2 Å². The highest BCUT2D eigenvalue weighted by atomic mass is 16.5. The van der Waals surface area contributed by atoms with E-state index in [9.17, 15) is 9.59 Å². The maximum absolute atomic E-state index is 12.5. The van der Waals surface area contributed by atoms with Gasteiger partial charge in [0.25, 0.3) is 6.33 Å². The van der Waals surface area contributed by atoms with Gasteiger partial charge in [-0.1, -0.05) is 42.5 Å². The first kappa shape index (κ1) is 19.3. The highest BCUT2D eigenvalue weighted by Gasteiger charge is 2.15. The highest BCUT2D eigenvalue weighted by molar-refractivity contribution is 5.95. The number of carbonyl (C=O) groups is 2. The molecule has 5 nitrogen and oxygen atoms in total. The first-order valence-electron chi connectivity index (χ1n) is 9.18. The zero-order valence-electron chi connectivity index (χ0n) is 16.0. The van der Waals surface area contributed by atoms with Gasteiger partial charge in [0.2, 0.25) is 0 Å². The molecule has 0 saturated heterocycles. The second-order valence-corrected chi connectivity index (χ2v) is 6.45. The predicted octanol–water partition coefficient (Wildman–Crippen LogP) is 3.48. The van der Waals surface area contributed by atoms with Crippen LogP contribution in [0.25, 0.3) is 6.08 Å². The lowest BCUT2D eigenvalue weighted by Gasteiger charge is -2.03. The molecule has 0 aliphatic heterocycles. The van der Waals surface area contributed by atoms with E-state index in [0.29, 0.717) is 24.3 Å². The molecule has 142 valence electrons. The fourth-order valence-electron chi connectivity index (χ4n) is 2.82. The van der Waals surface area contributed by atoms with E-state index in [-0.39, 0.29) is 11.9 Å². The second-order valence-electron chi connectivity index (χ2n) is 6.45. The summed E-state index contributed by atoms with van der Waals surface area (Å²) in [5, 5.41) is 0. The Morgan fingerprint density at radius 1 is 1.07 bits per heavy atom. The van der Waals surface area contributed by atoms with Crippen LogP contribution in [0.5, 0.6) is 0 Å². The van der Waals surface area contributed by atoms with Gasteiger partial charge in [-0.2, -0.15) is 4.57 Å². The van der Waals surface area contributed by atoms with Crippen LogP contribution >= 0.6 is 0 Å². The smallest absolute Gasteiger partial charge is 0.345 e. The lowest BCUT2D eigenvalue weighted by atomic mass is 10.1. The first-order chi connectivity index (χ1) is 13.6. The third-order valence-electron chi connectivity index (χ3n) is 4.27. The van der Waals surface area contributed by atoms with E-state index >= 15 is 0 Å². The Bertz CT molecular complexity index is 986. The molecule has 0 fully saturated rings. The van der Waals surface area contributed by atoms with Gasteiger partial charge < -0.3 is 4.74 Å². The summed E-state index contributed by atoms with van der Waals surface area (Å²) < 4.78 is 8.52. The van der Waals surface area contributed by atoms with Crippen LogP contribution < -0.4 is 4.57 Å². The fourth-order valence-corrected chi connectivity index (χ4v) is 2.82. The number of ether oxygens (including phenoxy) is 1. The molecule has 0 amide bonds. The predicted molar refractivity (Wildman–Crippen MR) is 107 cm³/mol.